The number of carbonyl (C=O) groups excluding carboxylic acids is 3. The number of hydrogen-bond acceptors (Lipinski definition) is 6. The van der Waals surface area contributed by atoms with E-state index >= 15 is 0 Å². The Kier molecular flexibility index (Phi) is 6.09. The Morgan fingerprint density at radius 1 is 1.17 bits per heavy atom. The maximum atomic E-state index is 12.6. The normalized spacial score (nSPS) is 23.2. The van der Waals surface area contributed by atoms with Crippen molar-refractivity contribution in [2.45, 2.75) is 50.2 Å². The van der Waals surface area contributed by atoms with Crippen LogP contribution in [-0.4, -0.2) is 55.5 Å². The van der Waals surface area contributed by atoms with Crippen molar-refractivity contribution in [3.8, 4) is 0 Å². The zero-order valence-corrected chi connectivity index (χ0v) is 17.6. The average molecular weight is 423 g/mol. The first-order chi connectivity index (χ1) is 13.6. The number of likely N-dealkylation sites (tertiary alicyclic amines) is 1. The minimum atomic E-state index is -3.60. The SMILES string of the molecule is C[C@H](C(=O)OCc1cccc(S(=O)(=O)N(C)C)c1)N1C(=O)[C@@H]2CCCC[C@H]2C1=O. The lowest BCUT2D eigenvalue weighted by atomic mass is 9.81. The van der Waals surface area contributed by atoms with E-state index in [0.717, 1.165) is 22.0 Å². The third kappa shape index (κ3) is 4.06. The Balaban J connectivity index is 1.67. The number of esters is 1. The number of carbonyl (C=O) groups is 3. The molecule has 2 amide bonds. The van der Waals surface area contributed by atoms with Crippen molar-refractivity contribution in [2.75, 3.05) is 14.1 Å². The van der Waals surface area contributed by atoms with Crippen molar-refractivity contribution in [1.82, 2.24) is 9.21 Å². The largest absolute Gasteiger partial charge is 0.459 e. The van der Waals surface area contributed by atoms with Gasteiger partial charge < -0.3 is 4.74 Å². The first-order valence-electron chi connectivity index (χ1n) is 9.69. The monoisotopic (exact) mass is 422 g/mol. The van der Waals surface area contributed by atoms with Crippen LogP contribution in [0.1, 0.15) is 38.2 Å². The molecule has 1 saturated heterocycles. The van der Waals surface area contributed by atoms with Gasteiger partial charge in [0.05, 0.1) is 16.7 Å². The van der Waals surface area contributed by atoms with Gasteiger partial charge in [-0.05, 0) is 37.5 Å². The van der Waals surface area contributed by atoms with Crippen LogP contribution < -0.4 is 0 Å². The summed E-state index contributed by atoms with van der Waals surface area (Å²) in [4.78, 5) is 38.9. The van der Waals surface area contributed by atoms with Crippen molar-refractivity contribution in [3.05, 3.63) is 29.8 Å². The molecule has 1 saturated carbocycles. The van der Waals surface area contributed by atoms with Crippen LogP contribution in [0.4, 0.5) is 0 Å². The third-order valence-electron chi connectivity index (χ3n) is 5.66. The Bertz CT molecular complexity index is 903. The van der Waals surface area contributed by atoms with E-state index in [4.69, 9.17) is 4.74 Å². The number of hydrogen-bond donors (Lipinski definition) is 0. The molecule has 1 heterocycles. The summed E-state index contributed by atoms with van der Waals surface area (Å²) in [6.45, 7) is 1.34. The number of sulfonamides is 1. The Morgan fingerprint density at radius 2 is 1.76 bits per heavy atom. The van der Waals surface area contributed by atoms with E-state index in [9.17, 15) is 22.8 Å². The fraction of sp³-hybridized carbons (Fsp3) is 0.550. The summed E-state index contributed by atoms with van der Waals surface area (Å²) in [5.74, 6) is -1.91. The van der Waals surface area contributed by atoms with Crippen LogP contribution in [0.2, 0.25) is 0 Å². The number of nitrogens with zero attached hydrogens (tertiary/aromatic N) is 2. The molecule has 0 N–H and O–H groups in total. The third-order valence-corrected chi connectivity index (χ3v) is 7.47. The highest BCUT2D eigenvalue weighted by Gasteiger charge is 2.51. The molecular formula is C20H26N2O6S. The summed E-state index contributed by atoms with van der Waals surface area (Å²) in [5, 5.41) is 0. The first-order valence-corrected chi connectivity index (χ1v) is 11.1. The lowest BCUT2D eigenvalue weighted by Crippen LogP contribution is -2.44. The molecular weight excluding hydrogens is 396 g/mol. The van der Waals surface area contributed by atoms with E-state index in [0.29, 0.717) is 18.4 Å². The smallest absolute Gasteiger partial charge is 0.329 e. The highest BCUT2D eigenvalue weighted by Crippen LogP contribution is 2.38. The molecule has 3 atom stereocenters. The minimum Gasteiger partial charge on any atom is -0.459 e. The van der Waals surface area contributed by atoms with E-state index in [1.165, 1.54) is 33.2 Å². The van der Waals surface area contributed by atoms with E-state index in [1.807, 2.05) is 0 Å². The summed E-state index contributed by atoms with van der Waals surface area (Å²) >= 11 is 0. The Hall–Kier alpha value is -2.26. The van der Waals surface area contributed by atoms with Crippen molar-refractivity contribution < 1.29 is 27.5 Å². The summed E-state index contributed by atoms with van der Waals surface area (Å²) in [5.41, 5.74) is 0.501. The topological polar surface area (TPSA) is 101 Å². The maximum absolute atomic E-state index is 12.6. The molecule has 2 fully saturated rings. The first kappa shape index (κ1) is 21.4. The molecule has 1 aromatic carbocycles. The molecule has 0 bridgehead atoms. The van der Waals surface area contributed by atoms with Crippen molar-refractivity contribution in [1.29, 1.82) is 0 Å². The fourth-order valence-electron chi connectivity index (χ4n) is 3.96. The van der Waals surface area contributed by atoms with Crippen molar-refractivity contribution in [2.24, 2.45) is 11.8 Å². The maximum Gasteiger partial charge on any atom is 0.329 e. The van der Waals surface area contributed by atoms with Crippen LogP contribution in [0.25, 0.3) is 0 Å². The van der Waals surface area contributed by atoms with Gasteiger partial charge in [-0.15, -0.1) is 0 Å². The zero-order chi connectivity index (χ0) is 21.3. The molecule has 0 spiro atoms. The van der Waals surface area contributed by atoms with Gasteiger partial charge in [-0.3, -0.25) is 14.5 Å². The Labute approximate surface area is 170 Å². The number of imide groups is 1. The molecule has 0 radical (unpaired) electrons. The van der Waals surface area contributed by atoms with Gasteiger partial charge in [0.2, 0.25) is 21.8 Å². The predicted octanol–water partition coefficient (Wildman–Crippen LogP) is 1.54. The molecule has 1 aromatic rings. The summed E-state index contributed by atoms with van der Waals surface area (Å²) in [6, 6.07) is 5.11. The van der Waals surface area contributed by atoms with Crippen LogP contribution in [0.15, 0.2) is 29.2 Å². The van der Waals surface area contributed by atoms with Gasteiger partial charge in [0.15, 0.2) is 0 Å². The lowest BCUT2D eigenvalue weighted by molar-refractivity contribution is -0.159. The summed E-state index contributed by atoms with van der Waals surface area (Å²) < 4.78 is 30.9. The van der Waals surface area contributed by atoms with Crippen LogP contribution in [0.5, 0.6) is 0 Å². The molecule has 1 aliphatic carbocycles. The van der Waals surface area contributed by atoms with Gasteiger partial charge >= 0.3 is 5.97 Å². The number of fused-ring (bicyclic) bond motifs is 1. The number of benzene rings is 1. The van der Waals surface area contributed by atoms with E-state index in [-0.39, 0.29) is 35.2 Å². The summed E-state index contributed by atoms with van der Waals surface area (Å²) in [6.07, 6.45) is 3.19. The number of rotatable bonds is 6. The second-order valence-electron chi connectivity index (χ2n) is 7.76. The highest BCUT2D eigenvalue weighted by atomic mass is 32.2. The quantitative estimate of drug-likeness (QED) is 0.509. The van der Waals surface area contributed by atoms with E-state index in [2.05, 4.69) is 0 Å². The van der Waals surface area contributed by atoms with Gasteiger partial charge in [0.1, 0.15) is 12.6 Å². The lowest BCUT2D eigenvalue weighted by Gasteiger charge is -2.21. The second-order valence-corrected chi connectivity index (χ2v) is 9.91. The van der Waals surface area contributed by atoms with Crippen molar-refractivity contribution >= 4 is 27.8 Å². The molecule has 0 unspecified atom stereocenters. The van der Waals surface area contributed by atoms with Crippen molar-refractivity contribution in [3.63, 3.8) is 0 Å². The standard InChI is InChI=1S/C20H26N2O6S/c1-13(22-18(23)16-9-4-5-10-17(16)19(22)24)20(25)28-12-14-7-6-8-15(11-14)29(26,27)21(2)3/h6-8,11,13,16-17H,4-5,9-10,12H2,1-3H3/t13-,16-,17-/m1/s1. The van der Waals surface area contributed by atoms with Gasteiger partial charge in [0.25, 0.3) is 0 Å². The molecule has 9 heteroatoms. The fourth-order valence-corrected chi connectivity index (χ4v) is 4.93. The van der Waals surface area contributed by atoms with E-state index < -0.39 is 22.0 Å². The molecule has 29 heavy (non-hydrogen) atoms. The van der Waals surface area contributed by atoms with Gasteiger partial charge in [-0.25, -0.2) is 17.5 Å². The molecule has 1 aliphatic heterocycles. The molecule has 8 nitrogen and oxygen atoms in total. The van der Waals surface area contributed by atoms with E-state index in [1.54, 1.807) is 12.1 Å². The van der Waals surface area contributed by atoms with Gasteiger partial charge in [0, 0.05) is 14.1 Å². The summed E-state index contributed by atoms with van der Waals surface area (Å²) in [7, 11) is -0.727. The van der Waals surface area contributed by atoms with Crippen LogP contribution in [0, 0.1) is 11.8 Å². The minimum absolute atomic E-state index is 0.0954. The van der Waals surface area contributed by atoms with Gasteiger partial charge in [-0.2, -0.15) is 0 Å². The second kappa shape index (κ2) is 8.23. The van der Waals surface area contributed by atoms with Crippen LogP contribution in [0.3, 0.4) is 0 Å². The number of ether oxygens (including phenoxy) is 1. The molecule has 0 aromatic heterocycles. The van der Waals surface area contributed by atoms with Crippen LogP contribution in [-0.2, 0) is 35.8 Å². The average Bonchev–Trinajstić information content (AvgIpc) is 2.96. The Morgan fingerprint density at radius 3 is 2.31 bits per heavy atom. The molecule has 158 valence electrons. The molecule has 3 rings (SSSR count). The van der Waals surface area contributed by atoms with Gasteiger partial charge in [-0.1, -0.05) is 25.0 Å². The molecule has 2 aliphatic rings. The predicted molar refractivity (Wildman–Crippen MR) is 104 cm³/mol. The highest BCUT2D eigenvalue weighted by molar-refractivity contribution is 7.89. The number of amides is 2. The zero-order valence-electron chi connectivity index (χ0n) is 16.8. The van der Waals surface area contributed by atoms with Crippen LogP contribution >= 0.6 is 0 Å².